The van der Waals surface area contributed by atoms with Crippen LogP contribution < -0.4 is 5.73 Å². The van der Waals surface area contributed by atoms with Gasteiger partial charge in [0.25, 0.3) is 0 Å². The van der Waals surface area contributed by atoms with Gasteiger partial charge in [-0.05, 0) is 19.3 Å². The Balaban J connectivity index is 2.37. The zero-order valence-corrected chi connectivity index (χ0v) is 10.4. The van der Waals surface area contributed by atoms with Crippen LogP contribution in [0.1, 0.15) is 38.5 Å². The highest BCUT2D eigenvalue weighted by Crippen LogP contribution is 2.24. The fourth-order valence-corrected chi connectivity index (χ4v) is 2.33. The molecule has 5 nitrogen and oxygen atoms in total. The van der Waals surface area contributed by atoms with E-state index in [4.69, 9.17) is 10.8 Å². The lowest BCUT2D eigenvalue weighted by molar-refractivity contribution is -0.139. The van der Waals surface area contributed by atoms with Crippen molar-refractivity contribution < 1.29 is 14.7 Å². The lowest BCUT2D eigenvalue weighted by Gasteiger charge is -2.31. The molecular formula is C12H22N2O3. The molecule has 0 heterocycles. The molecule has 1 saturated carbocycles. The number of carbonyl (C=O) groups excluding carboxylic acids is 1. The van der Waals surface area contributed by atoms with Crippen LogP contribution in [0.4, 0.5) is 0 Å². The number of hydrogen-bond acceptors (Lipinski definition) is 3. The Kier molecular flexibility index (Phi) is 5.41. The van der Waals surface area contributed by atoms with Crippen molar-refractivity contribution in [3.05, 3.63) is 0 Å². The third-order valence-corrected chi connectivity index (χ3v) is 3.40. The number of hydrogen-bond donors (Lipinski definition) is 2. The van der Waals surface area contributed by atoms with E-state index in [1.54, 1.807) is 11.9 Å². The van der Waals surface area contributed by atoms with Gasteiger partial charge < -0.3 is 15.7 Å². The molecule has 2 unspecified atom stereocenters. The largest absolute Gasteiger partial charge is 0.481 e. The van der Waals surface area contributed by atoms with Crippen LogP contribution in [0.15, 0.2) is 0 Å². The van der Waals surface area contributed by atoms with Crippen molar-refractivity contribution in [3.63, 3.8) is 0 Å². The number of rotatable bonds is 5. The molecular weight excluding hydrogens is 220 g/mol. The SMILES string of the molecule is CN(CCCC(=O)O)C(=O)C1CCCCC1N. The van der Waals surface area contributed by atoms with Gasteiger partial charge in [-0.1, -0.05) is 12.8 Å². The molecule has 0 aromatic rings. The summed E-state index contributed by atoms with van der Waals surface area (Å²) >= 11 is 0. The molecule has 0 radical (unpaired) electrons. The first-order valence-electron chi connectivity index (χ1n) is 6.24. The van der Waals surface area contributed by atoms with Crippen molar-refractivity contribution in [2.45, 2.75) is 44.6 Å². The summed E-state index contributed by atoms with van der Waals surface area (Å²) in [5, 5.41) is 8.53. The fourth-order valence-electron chi connectivity index (χ4n) is 2.33. The number of carbonyl (C=O) groups is 2. The molecule has 2 atom stereocenters. The molecule has 98 valence electrons. The van der Waals surface area contributed by atoms with E-state index in [9.17, 15) is 9.59 Å². The molecule has 1 rings (SSSR count). The van der Waals surface area contributed by atoms with Crippen molar-refractivity contribution in [1.82, 2.24) is 4.90 Å². The van der Waals surface area contributed by atoms with Crippen molar-refractivity contribution >= 4 is 11.9 Å². The first-order valence-corrected chi connectivity index (χ1v) is 6.24. The molecule has 1 aliphatic carbocycles. The van der Waals surface area contributed by atoms with E-state index >= 15 is 0 Å². The van der Waals surface area contributed by atoms with Crippen LogP contribution in [-0.4, -0.2) is 41.5 Å². The number of carboxylic acid groups (broad SMARTS) is 1. The average molecular weight is 242 g/mol. The fraction of sp³-hybridized carbons (Fsp3) is 0.833. The number of aliphatic carboxylic acids is 1. The molecule has 0 aromatic heterocycles. The van der Waals surface area contributed by atoms with Gasteiger partial charge in [-0.2, -0.15) is 0 Å². The lowest BCUT2D eigenvalue weighted by atomic mass is 9.84. The van der Waals surface area contributed by atoms with E-state index in [-0.39, 0.29) is 24.3 Å². The van der Waals surface area contributed by atoms with Crippen molar-refractivity contribution in [2.24, 2.45) is 11.7 Å². The van der Waals surface area contributed by atoms with E-state index < -0.39 is 5.97 Å². The second kappa shape index (κ2) is 6.59. The van der Waals surface area contributed by atoms with Crippen molar-refractivity contribution in [2.75, 3.05) is 13.6 Å². The van der Waals surface area contributed by atoms with E-state index in [2.05, 4.69) is 0 Å². The van der Waals surface area contributed by atoms with Gasteiger partial charge in [0.2, 0.25) is 5.91 Å². The molecule has 1 fully saturated rings. The average Bonchev–Trinajstić information content (AvgIpc) is 2.28. The minimum Gasteiger partial charge on any atom is -0.481 e. The van der Waals surface area contributed by atoms with Gasteiger partial charge >= 0.3 is 5.97 Å². The maximum absolute atomic E-state index is 12.1. The maximum Gasteiger partial charge on any atom is 0.303 e. The number of carboxylic acids is 1. The number of nitrogens with zero attached hydrogens (tertiary/aromatic N) is 1. The second-order valence-electron chi connectivity index (χ2n) is 4.81. The maximum atomic E-state index is 12.1. The highest BCUT2D eigenvalue weighted by atomic mass is 16.4. The summed E-state index contributed by atoms with van der Waals surface area (Å²) in [5.41, 5.74) is 5.95. The molecule has 3 N–H and O–H groups in total. The molecule has 0 saturated heterocycles. The molecule has 17 heavy (non-hydrogen) atoms. The predicted molar refractivity (Wildman–Crippen MR) is 64.4 cm³/mol. The zero-order valence-electron chi connectivity index (χ0n) is 10.4. The summed E-state index contributed by atoms with van der Waals surface area (Å²) in [6.07, 6.45) is 4.55. The second-order valence-corrected chi connectivity index (χ2v) is 4.81. The summed E-state index contributed by atoms with van der Waals surface area (Å²) in [6, 6.07) is -0.0295. The Bertz CT molecular complexity index is 281. The van der Waals surface area contributed by atoms with Crippen molar-refractivity contribution in [3.8, 4) is 0 Å². The van der Waals surface area contributed by atoms with Crippen molar-refractivity contribution in [1.29, 1.82) is 0 Å². The molecule has 1 amide bonds. The van der Waals surface area contributed by atoms with Gasteiger partial charge in [0.05, 0.1) is 5.92 Å². The van der Waals surface area contributed by atoms with E-state index in [1.807, 2.05) is 0 Å². The minimum absolute atomic E-state index is 0.0295. The summed E-state index contributed by atoms with van der Waals surface area (Å²) < 4.78 is 0. The Morgan fingerprint density at radius 1 is 1.35 bits per heavy atom. The van der Waals surface area contributed by atoms with Gasteiger partial charge in [-0.3, -0.25) is 9.59 Å². The van der Waals surface area contributed by atoms with Gasteiger partial charge in [-0.25, -0.2) is 0 Å². The van der Waals surface area contributed by atoms with E-state index in [0.29, 0.717) is 13.0 Å². The van der Waals surface area contributed by atoms with E-state index in [0.717, 1.165) is 25.7 Å². The molecule has 0 aromatic carbocycles. The Hall–Kier alpha value is -1.10. The van der Waals surface area contributed by atoms with Crippen LogP contribution >= 0.6 is 0 Å². The summed E-state index contributed by atoms with van der Waals surface area (Å²) in [4.78, 5) is 24.1. The third-order valence-electron chi connectivity index (χ3n) is 3.40. The normalized spacial score (nSPS) is 24.4. The highest BCUT2D eigenvalue weighted by Gasteiger charge is 2.30. The first kappa shape index (κ1) is 14.0. The molecule has 0 bridgehead atoms. The summed E-state index contributed by atoms with van der Waals surface area (Å²) in [7, 11) is 1.73. The topological polar surface area (TPSA) is 83.6 Å². The van der Waals surface area contributed by atoms with Crippen LogP contribution in [0.2, 0.25) is 0 Å². The van der Waals surface area contributed by atoms with Crippen LogP contribution in [-0.2, 0) is 9.59 Å². The molecule has 1 aliphatic rings. The Labute approximate surface area is 102 Å². The Morgan fingerprint density at radius 3 is 2.59 bits per heavy atom. The standard InChI is InChI=1S/C12H22N2O3/c1-14(8-4-7-11(15)16)12(17)9-5-2-3-6-10(9)13/h9-10H,2-8,13H2,1H3,(H,15,16). The number of amides is 1. The van der Waals surface area contributed by atoms with Gasteiger partial charge in [-0.15, -0.1) is 0 Å². The smallest absolute Gasteiger partial charge is 0.303 e. The van der Waals surface area contributed by atoms with E-state index in [1.165, 1.54) is 0 Å². The Morgan fingerprint density at radius 2 is 2.00 bits per heavy atom. The monoisotopic (exact) mass is 242 g/mol. The predicted octanol–water partition coefficient (Wildman–Crippen LogP) is 0.827. The van der Waals surface area contributed by atoms with Crippen LogP contribution in [0.3, 0.4) is 0 Å². The van der Waals surface area contributed by atoms with Crippen LogP contribution in [0, 0.1) is 5.92 Å². The highest BCUT2D eigenvalue weighted by molar-refractivity contribution is 5.79. The lowest BCUT2D eigenvalue weighted by Crippen LogP contribution is -2.44. The van der Waals surface area contributed by atoms with Crippen LogP contribution in [0.5, 0.6) is 0 Å². The van der Waals surface area contributed by atoms with Gasteiger partial charge in [0.15, 0.2) is 0 Å². The van der Waals surface area contributed by atoms with Gasteiger partial charge in [0.1, 0.15) is 0 Å². The molecule has 0 aliphatic heterocycles. The quantitative estimate of drug-likeness (QED) is 0.748. The third kappa shape index (κ3) is 4.34. The van der Waals surface area contributed by atoms with Gasteiger partial charge in [0, 0.05) is 26.1 Å². The summed E-state index contributed by atoms with van der Waals surface area (Å²) in [5.74, 6) is -0.818. The molecule has 5 heteroatoms. The first-order chi connectivity index (χ1) is 8.02. The minimum atomic E-state index is -0.819. The number of nitrogens with two attached hydrogens (primary N) is 1. The summed E-state index contributed by atoms with van der Waals surface area (Å²) in [6.45, 7) is 0.494. The molecule has 0 spiro atoms. The van der Waals surface area contributed by atoms with Crippen LogP contribution in [0.25, 0.3) is 0 Å². The zero-order chi connectivity index (χ0) is 12.8.